The number of rotatable bonds is 8. The number of hydrogen-bond donors (Lipinski definition) is 2. The highest BCUT2D eigenvalue weighted by molar-refractivity contribution is 5.75. The highest BCUT2D eigenvalue weighted by Gasteiger charge is 2.02. The maximum atomic E-state index is 12.8. The number of halogens is 1. The lowest BCUT2D eigenvalue weighted by Gasteiger charge is -2.08. The van der Waals surface area contributed by atoms with Crippen LogP contribution in [0.3, 0.4) is 0 Å². The largest absolute Gasteiger partial charge is 0.493 e. The van der Waals surface area contributed by atoms with Crippen LogP contribution in [-0.4, -0.2) is 30.3 Å². The monoisotopic (exact) mass is 269 g/mol. The second-order valence-electron chi connectivity index (χ2n) is 4.40. The Morgan fingerprint density at radius 1 is 1.53 bits per heavy atom. The summed E-state index contributed by atoms with van der Waals surface area (Å²) in [6, 6.07) is 5.81. The van der Waals surface area contributed by atoms with Crippen LogP contribution in [0.1, 0.15) is 26.2 Å². The molecule has 0 radical (unpaired) electrons. The van der Waals surface area contributed by atoms with Crippen molar-refractivity contribution in [2.75, 3.05) is 13.2 Å². The molecule has 1 aromatic carbocycles. The Hall–Kier alpha value is -1.62. The zero-order chi connectivity index (χ0) is 14.1. The summed E-state index contributed by atoms with van der Waals surface area (Å²) in [7, 11) is 0. The van der Waals surface area contributed by atoms with E-state index >= 15 is 0 Å². The molecular formula is C14H20FNO3. The Bertz CT molecular complexity index is 396. The number of hydrogen-bond acceptors (Lipinski definition) is 3. The molecule has 1 rings (SSSR count). The van der Waals surface area contributed by atoms with E-state index in [0.29, 0.717) is 18.7 Å². The van der Waals surface area contributed by atoms with Gasteiger partial charge in [0.15, 0.2) is 0 Å². The molecule has 0 aliphatic carbocycles. The summed E-state index contributed by atoms with van der Waals surface area (Å²) in [6.45, 7) is 2.48. The maximum absolute atomic E-state index is 12.8. The van der Waals surface area contributed by atoms with E-state index in [9.17, 15) is 9.18 Å². The van der Waals surface area contributed by atoms with E-state index in [1.807, 2.05) is 0 Å². The highest BCUT2D eigenvalue weighted by Crippen LogP contribution is 2.11. The van der Waals surface area contributed by atoms with E-state index in [-0.39, 0.29) is 30.9 Å². The van der Waals surface area contributed by atoms with Crippen molar-refractivity contribution in [2.45, 2.75) is 32.3 Å². The summed E-state index contributed by atoms with van der Waals surface area (Å²) in [6.07, 6.45) is 1.30. The molecule has 2 N–H and O–H groups in total. The molecule has 0 aliphatic heterocycles. The third-order valence-electron chi connectivity index (χ3n) is 2.51. The van der Waals surface area contributed by atoms with E-state index in [0.717, 1.165) is 6.42 Å². The molecule has 19 heavy (non-hydrogen) atoms. The molecule has 106 valence electrons. The number of aliphatic hydroxyl groups excluding tert-OH is 1. The van der Waals surface area contributed by atoms with Gasteiger partial charge in [-0.15, -0.1) is 0 Å². The minimum absolute atomic E-state index is 0.109. The predicted octanol–water partition coefficient (Wildman–Crippen LogP) is 1.87. The first-order chi connectivity index (χ1) is 9.08. The maximum Gasteiger partial charge on any atom is 0.223 e. The fourth-order valence-corrected chi connectivity index (χ4v) is 1.53. The fraction of sp³-hybridized carbons (Fsp3) is 0.500. The van der Waals surface area contributed by atoms with E-state index < -0.39 is 0 Å². The van der Waals surface area contributed by atoms with Gasteiger partial charge in [-0.2, -0.15) is 0 Å². The Balaban J connectivity index is 2.10. The fourth-order valence-electron chi connectivity index (χ4n) is 1.53. The van der Waals surface area contributed by atoms with Crippen LogP contribution in [-0.2, 0) is 4.79 Å². The lowest BCUT2D eigenvalue weighted by atomic mass is 10.2. The number of carbonyl (C=O) groups is 1. The number of aliphatic hydroxyl groups is 1. The second-order valence-corrected chi connectivity index (χ2v) is 4.40. The summed E-state index contributed by atoms with van der Waals surface area (Å²) in [4.78, 5) is 11.4. The molecule has 4 nitrogen and oxygen atoms in total. The number of carbonyl (C=O) groups excluding carboxylic acids is 1. The first-order valence-corrected chi connectivity index (χ1v) is 6.41. The minimum atomic E-state index is -0.361. The van der Waals surface area contributed by atoms with Crippen molar-refractivity contribution in [3.8, 4) is 5.75 Å². The van der Waals surface area contributed by atoms with Crippen molar-refractivity contribution in [3.05, 3.63) is 30.1 Å². The summed E-state index contributed by atoms with van der Waals surface area (Å²) in [5.41, 5.74) is 0. The van der Waals surface area contributed by atoms with Crippen LogP contribution in [0.15, 0.2) is 24.3 Å². The number of amides is 1. The van der Waals surface area contributed by atoms with Crippen molar-refractivity contribution in [2.24, 2.45) is 0 Å². The van der Waals surface area contributed by atoms with Crippen LogP contribution in [0.4, 0.5) is 4.39 Å². The first-order valence-electron chi connectivity index (χ1n) is 6.41. The molecule has 5 heteroatoms. The molecule has 1 atom stereocenters. The summed E-state index contributed by atoms with van der Waals surface area (Å²) >= 11 is 0. The number of benzene rings is 1. The van der Waals surface area contributed by atoms with E-state index in [2.05, 4.69) is 5.32 Å². The Morgan fingerprint density at radius 3 is 3.00 bits per heavy atom. The van der Waals surface area contributed by atoms with Crippen LogP contribution in [0.25, 0.3) is 0 Å². The molecule has 0 spiro atoms. The van der Waals surface area contributed by atoms with Gasteiger partial charge in [0.05, 0.1) is 19.1 Å². The molecule has 1 unspecified atom stereocenters. The summed E-state index contributed by atoms with van der Waals surface area (Å²) in [5.74, 6) is -0.0519. The normalized spacial score (nSPS) is 11.9. The molecule has 0 heterocycles. The van der Waals surface area contributed by atoms with Gasteiger partial charge in [-0.25, -0.2) is 4.39 Å². The van der Waals surface area contributed by atoms with Crippen LogP contribution in [0, 0.1) is 5.82 Å². The van der Waals surface area contributed by atoms with Crippen molar-refractivity contribution >= 4 is 5.91 Å². The average molecular weight is 269 g/mol. The molecule has 0 saturated carbocycles. The van der Waals surface area contributed by atoms with Crippen LogP contribution >= 0.6 is 0 Å². The van der Waals surface area contributed by atoms with Gasteiger partial charge in [0.25, 0.3) is 0 Å². The average Bonchev–Trinajstić information content (AvgIpc) is 2.34. The highest BCUT2D eigenvalue weighted by atomic mass is 19.1. The molecule has 1 aromatic rings. The molecule has 0 fully saturated rings. The SMILES string of the molecule is CC(O)CCCNC(=O)CCOc1cccc(F)c1. The Morgan fingerprint density at radius 2 is 2.32 bits per heavy atom. The summed E-state index contributed by atoms with van der Waals surface area (Å²) < 4.78 is 18.1. The van der Waals surface area contributed by atoms with Gasteiger partial charge >= 0.3 is 0 Å². The Labute approximate surface area is 112 Å². The zero-order valence-electron chi connectivity index (χ0n) is 11.1. The van der Waals surface area contributed by atoms with Gasteiger partial charge in [-0.1, -0.05) is 6.07 Å². The van der Waals surface area contributed by atoms with Crippen molar-refractivity contribution in [1.82, 2.24) is 5.32 Å². The van der Waals surface area contributed by atoms with Gasteiger partial charge in [0.1, 0.15) is 11.6 Å². The molecule has 0 saturated heterocycles. The molecule has 0 aromatic heterocycles. The van der Waals surface area contributed by atoms with Crippen molar-refractivity contribution < 1.29 is 19.0 Å². The van der Waals surface area contributed by atoms with E-state index in [1.54, 1.807) is 19.1 Å². The minimum Gasteiger partial charge on any atom is -0.493 e. The van der Waals surface area contributed by atoms with Gasteiger partial charge < -0.3 is 15.2 Å². The Kier molecular flexibility index (Phi) is 6.89. The van der Waals surface area contributed by atoms with E-state index in [1.165, 1.54) is 12.1 Å². The third kappa shape index (κ3) is 7.41. The standard InChI is InChI=1S/C14H20FNO3/c1-11(17)4-3-8-16-14(18)7-9-19-13-6-2-5-12(15)10-13/h2,5-6,10-11,17H,3-4,7-9H2,1H3,(H,16,18). The lowest BCUT2D eigenvalue weighted by Crippen LogP contribution is -2.26. The van der Waals surface area contributed by atoms with Crippen LogP contribution in [0.5, 0.6) is 5.75 Å². The zero-order valence-corrected chi connectivity index (χ0v) is 11.1. The topological polar surface area (TPSA) is 58.6 Å². The van der Waals surface area contributed by atoms with E-state index in [4.69, 9.17) is 9.84 Å². The summed E-state index contributed by atoms with van der Waals surface area (Å²) in [5, 5.41) is 11.8. The molecular weight excluding hydrogens is 249 g/mol. The predicted molar refractivity (Wildman–Crippen MR) is 70.4 cm³/mol. The lowest BCUT2D eigenvalue weighted by molar-refractivity contribution is -0.121. The van der Waals surface area contributed by atoms with Gasteiger partial charge in [0, 0.05) is 12.6 Å². The van der Waals surface area contributed by atoms with Crippen molar-refractivity contribution in [1.29, 1.82) is 0 Å². The van der Waals surface area contributed by atoms with Crippen LogP contribution < -0.4 is 10.1 Å². The first kappa shape index (κ1) is 15.4. The van der Waals surface area contributed by atoms with Gasteiger partial charge in [0.2, 0.25) is 5.91 Å². The smallest absolute Gasteiger partial charge is 0.223 e. The molecule has 0 bridgehead atoms. The molecule has 1 amide bonds. The quantitative estimate of drug-likeness (QED) is 0.708. The van der Waals surface area contributed by atoms with Crippen molar-refractivity contribution in [3.63, 3.8) is 0 Å². The van der Waals surface area contributed by atoms with Gasteiger partial charge in [-0.3, -0.25) is 4.79 Å². The van der Waals surface area contributed by atoms with Gasteiger partial charge in [-0.05, 0) is 31.9 Å². The second kappa shape index (κ2) is 8.48. The number of nitrogens with one attached hydrogen (secondary N) is 1. The van der Waals surface area contributed by atoms with Crippen LogP contribution in [0.2, 0.25) is 0 Å². The third-order valence-corrected chi connectivity index (χ3v) is 2.51. The number of ether oxygens (including phenoxy) is 1. The molecule has 0 aliphatic rings.